The number of carbonyl (C=O) groups excluding carboxylic acids is 1. The monoisotopic (exact) mass is 247 g/mol. The van der Waals surface area contributed by atoms with Gasteiger partial charge in [-0.2, -0.15) is 0 Å². The molecule has 0 fully saturated rings. The standard InChI is InChI=1S/C13H10FNOS/c14-11-6-8-12(9-7-11)15(17)13(16)10-4-2-1-3-5-10/h1-9,17H. The van der Waals surface area contributed by atoms with Crippen LogP contribution in [0.4, 0.5) is 10.1 Å². The highest BCUT2D eigenvalue weighted by Crippen LogP contribution is 2.19. The summed E-state index contributed by atoms with van der Waals surface area (Å²) in [5, 5.41) is 0. The molecule has 0 saturated carbocycles. The molecular formula is C13H10FNOS. The van der Waals surface area contributed by atoms with Gasteiger partial charge in [-0.15, -0.1) is 0 Å². The van der Waals surface area contributed by atoms with Gasteiger partial charge in [0.05, 0.1) is 5.69 Å². The van der Waals surface area contributed by atoms with E-state index in [-0.39, 0.29) is 11.7 Å². The highest BCUT2D eigenvalue weighted by Gasteiger charge is 2.13. The first kappa shape index (κ1) is 11.7. The van der Waals surface area contributed by atoms with Crippen molar-refractivity contribution in [3.05, 3.63) is 66.0 Å². The Balaban J connectivity index is 2.23. The molecular weight excluding hydrogens is 237 g/mol. The number of hydrogen-bond acceptors (Lipinski definition) is 2. The molecule has 2 nitrogen and oxygen atoms in total. The fraction of sp³-hybridized carbons (Fsp3) is 0. The first-order valence-electron chi connectivity index (χ1n) is 5.02. The van der Waals surface area contributed by atoms with E-state index in [1.165, 1.54) is 28.6 Å². The smallest absolute Gasteiger partial charge is 0.268 e. The summed E-state index contributed by atoms with van der Waals surface area (Å²) in [6.07, 6.45) is 0. The van der Waals surface area contributed by atoms with Gasteiger partial charge in [0.15, 0.2) is 0 Å². The molecule has 0 unspecified atom stereocenters. The highest BCUT2D eigenvalue weighted by atomic mass is 32.1. The Bertz CT molecular complexity index is 513. The van der Waals surface area contributed by atoms with Crippen molar-refractivity contribution >= 4 is 24.4 Å². The zero-order valence-electron chi connectivity index (χ0n) is 8.88. The number of anilines is 1. The van der Waals surface area contributed by atoms with Gasteiger partial charge in [0.2, 0.25) is 0 Å². The Kier molecular flexibility index (Phi) is 3.44. The third-order valence-electron chi connectivity index (χ3n) is 2.28. The predicted molar refractivity (Wildman–Crippen MR) is 68.6 cm³/mol. The van der Waals surface area contributed by atoms with Crippen LogP contribution >= 0.6 is 12.8 Å². The van der Waals surface area contributed by atoms with E-state index in [9.17, 15) is 9.18 Å². The average molecular weight is 247 g/mol. The predicted octanol–water partition coefficient (Wildman–Crippen LogP) is 3.32. The molecule has 1 amide bonds. The number of halogens is 1. The van der Waals surface area contributed by atoms with Crippen LogP contribution in [0.1, 0.15) is 10.4 Å². The molecule has 0 aliphatic heterocycles. The summed E-state index contributed by atoms with van der Waals surface area (Å²) in [7, 11) is 0. The lowest BCUT2D eigenvalue weighted by atomic mass is 10.2. The van der Waals surface area contributed by atoms with E-state index in [2.05, 4.69) is 12.8 Å². The van der Waals surface area contributed by atoms with Crippen molar-refractivity contribution in [1.82, 2.24) is 0 Å². The summed E-state index contributed by atoms with van der Waals surface area (Å²) in [6, 6.07) is 14.4. The average Bonchev–Trinajstić information content (AvgIpc) is 2.39. The molecule has 0 bridgehead atoms. The van der Waals surface area contributed by atoms with Crippen LogP contribution in [-0.4, -0.2) is 5.91 Å². The minimum atomic E-state index is -0.345. The number of rotatable bonds is 2. The number of thiol groups is 1. The van der Waals surface area contributed by atoms with Crippen molar-refractivity contribution in [1.29, 1.82) is 0 Å². The SMILES string of the molecule is O=C(c1ccccc1)N(S)c1ccc(F)cc1. The zero-order valence-corrected chi connectivity index (χ0v) is 9.77. The van der Waals surface area contributed by atoms with Crippen molar-refractivity contribution in [2.75, 3.05) is 4.31 Å². The number of nitrogens with zero attached hydrogens (tertiary/aromatic N) is 1. The van der Waals surface area contributed by atoms with Crippen molar-refractivity contribution in [2.45, 2.75) is 0 Å². The maximum atomic E-state index is 12.7. The number of hydrogen-bond donors (Lipinski definition) is 1. The molecule has 0 aromatic heterocycles. The molecule has 0 atom stereocenters. The zero-order chi connectivity index (χ0) is 12.3. The maximum absolute atomic E-state index is 12.7. The number of amides is 1. The summed E-state index contributed by atoms with van der Waals surface area (Å²) in [5.74, 6) is -0.594. The molecule has 86 valence electrons. The van der Waals surface area contributed by atoms with Crippen LogP contribution in [0.25, 0.3) is 0 Å². The lowest BCUT2D eigenvalue weighted by Crippen LogP contribution is -2.20. The molecule has 0 aliphatic carbocycles. The van der Waals surface area contributed by atoms with Gasteiger partial charge >= 0.3 is 0 Å². The van der Waals surface area contributed by atoms with Crippen LogP contribution in [0, 0.1) is 5.82 Å². The Morgan fingerprint density at radius 2 is 1.59 bits per heavy atom. The van der Waals surface area contributed by atoms with Gasteiger partial charge in [-0.05, 0) is 36.4 Å². The Morgan fingerprint density at radius 3 is 2.18 bits per heavy atom. The van der Waals surface area contributed by atoms with Crippen molar-refractivity contribution < 1.29 is 9.18 Å². The van der Waals surface area contributed by atoms with Crippen molar-refractivity contribution in [3.8, 4) is 0 Å². The fourth-order valence-electron chi connectivity index (χ4n) is 1.40. The molecule has 0 aliphatic rings. The van der Waals surface area contributed by atoms with E-state index in [1.807, 2.05) is 6.07 Å². The van der Waals surface area contributed by atoms with Gasteiger partial charge in [-0.1, -0.05) is 31.0 Å². The van der Waals surface area contributed by atoms with Gasteiger partial charge in [0.1, 0.15) is 5.82 Å². The second kappa shape index (κ2) is 5.01. The lowest BCUT2D eigenvalue weighted by molar-refractivity contribution is 0.101. The van der Waals surface area contributed by atoms with Crippen LogP contribution in [0.2, 0.25) is 0 Å². The van der Waals surface area contributed by atoms with E-state index in [0.717, 1.165) is 0 Å². The maximum Gasteiger partial charge on any atom is 0.268 e. The topological polar surface area (TPSA) is 20.3 Å². The summed E-state index contributed by atoms with van der Waals surface area (Å²) in [5.41, 5.74) is 1.07. The van der Waals surface area contributed by atoms with E-state index in [0.29, 0.717) is 11.3 Å². The molecule has 2 aromatic rings. The molecule has 17 heavy (non-hydrogen) atoms. The summed E-state index contributed by atoms with van der Waals surface area (Å²) >= 11 is 4.12. The third-order valence-corrected chi connectivity index (χ3v) is 2.70. The Labute approximate surface area is 104 Å². The van der Waals surface area contributed by atoms with Crippen LogP contribution < -0.4 is 4.31 Å². The van der Waals surface area contributed by atoms with E-state index >= 15 is 0 Å². The van der Waals surface area contributed by atoms with Crippen LogP contribution in [0.15, 0.2) is 54.6 Å². The molecule has 2 aromatic carbocycles. The lowest BCUT2D eigenvalue weighted by Gasteiger charge is -2.15. The minimum Gasteiger partial charge on any atom is -0.268 e. The molecule has 4 heteroatoms. The largest absolute Gasteiger partial charge is 0.268 e. The van der Waals surface area contributed by atoms with Gasteiger partial charge in [-0.3, -0.25) is 9.10 Å². The number of benzene rings is 2. The highest BCUT2D eigenvalue weighted by molar-refractivity contribution is 7.82. The van der Waals surface area contributed by atoms with Gasteiger partial charge in [0, 0.05) is 5.56 Å². The third kappa shape index (κ3) is 2.65. The summed E-state index contributed by atoms with van der Waals surface area (Å²) < 4.78 is 13.9. The van der Waals surface area contributed by atoms with E-state index in [1.54, 1.807) is 24.3 Å². The van der Waals surface area contributed by atoms with Gasteiger partial charge < -0.3 is 0 Å². The molecule has 0 heterocycles. The number of carbonyl (C=O) groups is 1. The quantitative estimate of drug-likeness (QED) is 0.807. The van der Waals surface area contributed by atoms with E-state index < -0.39 is 0 Å². The molecule has 0 N–H and O–H groups in total. The second-order valence-electron chi connectivity index (χ2n) is 3.46. The Hall–Kier alpha value is -1.81. The first-order chi connectivity index (χ1) is 8.18. The van der Waals surface area contributed by atoms with Crippen LogP contribution in [0.3, 0.4) is 0 Å². The molecule has 0 spiro atoms. The Morgan fingerprint density at radius 1 is 1.00 bits per heavy atom. The molecule has 2 rings (SSSR count). The first-order valence-corrected chi connectivity index (χ1v) is 5.42. The van der Waals surface area contributed by atoms with Gasteiger partial charge in [0.25, 0.3) is 5.91 Å². The minimum absolute atomic E-state index is 0.249. The van der Waals surface area contributed by atoms with Crippen LogP contribution in [0.5, 0.6) is 0 Å². The van der Waals surface area contributed by atoms with E-state index in [4.69, 9.17) is 0 Å². The fourth-order valence-corrected chi connectivity index (χ4v) is 1.65. The van der Waals surface area contributed by atoms with Crippen LogP contribution in [-0.2, 0) is 0 Å². The summed E-state index contributed by atoms with van der Waals surface area (Å²) in [6.45, 7) is 0. The second-order valence-corrected chi connectivity index (χ2v) is 3.86. The molecule has 0 saturated heterocycles. The van der Waals surface area contributed by atoms with Crippen molar-refractivity contribution in [2.24, 2.45) is 0 Å². The van der Waals surface area contributed by atoms with Crippen molar-refractivity contribution in [3.63, 3.8) is 0 Å². The summed E-state index contributed by atoms with van der Waals surface area (Å²) in [4.78, 5) is 12.0. The normalized spacial score (nSPS) is 10.0. The van der Waals surface area contributed by atoms with Gasteiger partial charge in [-0.25, -0.2) is 4.39 Å². The molecule has 0 radical (unpaired) electrons.